The van der Waals surface area contributed by atoms with Crippen LogP contribution in [0.4, 0.5) is 10.8 Å². The van der Waals surface area contributed by atoms with E-state index >= 15 is 0 Å². The van der Waals surface area contributed by atoms with Crippen molar-refractivity contribution in [3.63, 3.8) is 0 Å². The molecule has 1 heterocycles. The molecule has 5 nitrogen and oxygen atoms in total. The molecule has 24 heavy (non-hydrogen) atoms. The van der Waals surface area contributed by atoms with E-state index < -0.39 is 0 Å². The standard InChI is InChI=1S/C17H22N4OS2/c1-10(2)12-4-6-14(7-5-12)19-16-20-21-17(24-16)23-11(3)15(22)18-13-8-9-13/h4-7,10-11,13H,8-9H2,1-3H3,(H,18,22)(H,19,20)/t11-/m1/s1. The first-order valence-corrected chi connectivity index (χ1v) is 9.88. The maximum atomic E-state index is 12.0. The zero-order valence-electron chi connectivity index (χ0n) is 14.1. The molecule has 0 aliphatic heterocycles. The number of amides is 1. The summed E-state index contributed by atoms with van der Waals surface area (Å²) in [5.41, 5.74) is 2.30. The lowest BCUT2D eigenvalue weighted by atomic mass is 10.0. The van der Waals surface area contributed by atoms with Gasteiger partial charge in [0.25, 0.3) is 0 Å². The van der Waals surface area contributed by atoms with Crippen molar-refractivity contribution in [2.45, 2.75) is 55.2 Å². The Bertz CT molecular complexity index is 695. The van der Waals surface area contributed by atoms with Crippen molar-refractivity contribution in [2.24, 2.45) is 0 Å². The van der Waals surface area contributed by atoms with Gasteiger partial charge in [0.2, 0.25) is 11.0 Å². The van der Waals surface area contributed by atoms with E-state index in [0.29, 0.717) is 12.0 Å². The quantitative estimate of drug-likeness (QED) is 0.724. The van der Waals surface area contributed by atoms with Crippen LogP contribution in [0.3, 0.4) is 0 Å². The molecule has 1 aliphatic carbocycles. The van der Waals surface area contributed by atoms with E-state index in [1.807, 2.05) is 6.92 Å². The van der Waals surface area contributed by atoms with E-state index in [9.17, 15) is 4.79 Å². The second-order valence-corrected chi connectivity index (χ2v) is 8.88. The average Bonchev–Trinajstić information content (AvgIpc) is 3.26. The second kappa shape index (κ2) is 7.53. The Morgan fingerprint density at radius 1 is 1.21 bits per heavy atom. The molecule has 1 atom stereocenters. The normalized spacial score (nSPS) is 15.3. The Balaban J connectivity index is 1.55. The Morgan fingerprint density at radius 2 is 1.92 bits per heavy atom. The van der Waals surface area contributed by atoms with E-state index in [2.05, 4.69) is 58.9 Å². The van der Waals surface area contributed by atoms with Crippen LogP contribution >= 0.6 is 23.1 Å². The first-order valence-electron chi connectivity index (χ1n) is 8.19. The van der Waals surface area contributed by atoms with E-state index in [0.717, 1.165) is 28.0 Å². The second-order valence-electron chi connectivity index (χ2n) is 6.32. The molecule has 0 saturated heterocycles. The fourth-order valence-corrected chi connectivity index (χ4v) is 4.06. The Hall–Kier alpha value is -1.60. The number of benzene rings is 1. The van der Waals surface area contributed by atoms with Crippen LogP contribution in [0.25, 0.3) is 0 Å². The van der Waals surface area contributed by atoms with Crippen molar-refractivity contribution in [1.29, 1.82) is 0 Å². The van der Waals surface area contributed by atoms with E-state index in [1.54, 1.807) is 0 Å². The minimum absolute atomic E-state index is 0.0801. The van der Waals surface area contributed by atoms with E-state index in [4.69, 9.17) is 0 Å². The van der Waals surface area contributed by atoms with Gasteiger partial charge in [-0.05, 0) is 43.4 Å². The number of carbonyl (C=O) groups is 1. The van der Waals surface area contributed by atoms with Gasteiger partial charge < -0.3 is 10.6 Å². The molecular weight excluding hydrogens is 340 g/mol. The molecule has 2 N–H and O–H groups in total. The Kier molecular flexibility index (Phi) is 5.40. The summed E-state index contributed by atoms with van der Waals surface area (Å²) in [6.07, 6.45) is 2.21. The highest BCUT2D eigenvalue weighted by atomic mass is 32.2. The van der Waals surface area contributed by atoms with Crippen LogP contribution in [0.15, 0.2) is 28.6 Å². The van der Waals surface area contributed by atoms with Gasteiger partial charge in [-0.15, -0.1) is 10.2 Å². The Morgan fingerprint density at radius 3 is 2.54 bits per heavy atom. The predicted octanol–water partition coefficient (Wildman–Crippen LogP) is 4.16. The minimum Gasteiger partial charge on any atom is -0.352 e. The molecule has 1 amide bonds. The maximum absolute atomic E-state index is 12.0. The third-order valence-electron chi connectivity index (χ3n) is 3.81. The molecule has 1 aromatic carbocycles. The van der Waals surface area contributed by atoms with Gasteiger partial charge in [0.1, 0.15) is 0 Å². The van der Waals surface area contributed by atoms with Gasteiger partial charge in [0.15, 0.2) is 4.34 Å². The molecule has 3 rings (SSSR count). The Labute approximate surface area is 150 Å². The molecule has 2 aromatic rings. The van der Waals surface area contributed by atoms with Gasteiger partial charge >= 0.3 is 0 Å². The van der Waals surface area contributed by atoms with Crippen LogP contribution in [0.1, 0.15) is 45.1 Å². The summed E-state index contributed by atoms with van der Waals surface area (Å²) in [5, 5.41) is 15.2. The molecular formula is C17H22N4OS2. The number of anilines is 2. The molecule has 0 radical (unpaired) electrons. The number of carbonyl (C=O) groups excluding carboxylic acids is 1. The number of nitrogens with one attached hydrogen (secondary N) is 2. The van der Waals surface area contributed by atoms with Crippen LogP contribution < -0.4 is 10.6 Å². The SMILES string of the molecule is CC(C)c1ccc(Nc2nnc(S[C@H](C)C(=O)NC3CC3)s2)cc1. The fourth-order valence-electron chi connectivity index (χ4n) is 2.13. The molecule has 1 aromatic heterocycles. The lowest BCUT2D eigenvalue weighted by Gasteiger charge is -2.08. The first-order chi connectivity index (χ1) is 11.5. The average molecular weight is 363 g/mol. The highest BCUT2D eigenvalue weighted by molar-refractivity contribution is 8.02. The van der Waals surface area contributed by atoms with Crippen molar-refractivity contribution < 1.29 is 4.79 Å². The summed E-state index contributed by atoms with van der Waals surface area (Å²) < 4.78 is 0.801. The monoisotopic (exact) mass is 362 g/mol. The molecule has 1 aliphatic rings. The fraction of sp³-hybridized carbons (Fsp3) is 0.471. The maximum Gasteiger partial charge on any atom is 0.233 e. The number of rotatable bonds is 7. The third kappa shape index (κ3) is 4.70. The number of hydrogen-bond donors (Lipinski definition) is 2. The van der Waals surface area contributed by atoms with Crippen molar-refractivity contribution in [1.82, 2.24) is 15.5 Å². The predicted molar refractivity (Wildman–Crippen MR) is 100 cm³/mol. The van der Waals surface area contributed by atoms with Crippen molar-refractivity contribution >= 4 is 39.8 Å². The number of hydrogen-bond acceptors (Lipinski definition) is 6. The molecule has 1 saturated carbocycles. The van der Waals surface area contributed by atoms with Crippen molar-refractivity contribution in [3.05, 3.63) is 29.8 Å². The van der Waals surface area contributed by atoms with Gasteiger partial charge in [0, 0.05) is 11.7 Å². The summed E-state index contributed by atoms with van der Waals surface area (Å²) >= 11 is 2.92. The minimum atomic E-state index is -0.156. The number of nitrogens with zero attached hydrogens (tertiary/aromatic N) is 2. The number of aromatic nitrogens is 2. The smallest absolute Gasteiger partial charge is 0.233 e. The summed E-state index contributed by atoms with van der Waals surface area (Å²) in [6, 6.07) is 8.73. The highest BCUT2D eigenvalue weighted by Crippen LogP contribution is 2.31. The largest absolute Gasteiger partial charge is 0.352 e. The van der Waals surface area contributed by atoms with Crippen molar-refractivity contribution in [2.75, 3.05) is 5.32 Å². The number of thioether (sulfide) groups is 1. The summed E-state index contributed by atoms with van der Waals surface area (Å²) in [6.45, 7) is 6.26. The molecule has 128 valence electrons. The van der Waals surface area contributed by atoms with E-state index in [-0.39, 0.29) is 11.2 Å². The first kappa shape index (κ1) is 17.2. The van der Waals surface area contributed by atoms with Crippen molar-refractivity contribution in [3.8, 4) is 0 Å². The molecule has 1 fully saturated rings. The lowest BCUT2D eigenvalue weighted by molar-refractivity contribution is -0.120. The molecule has 0 spiro atoms. The third-order valence-corrected chi connectivity index (χ3v) is 5.83. The van der Waals surface area contributed by atoms with Gasteiger partial charge in [-0.1, -0.05) is 49.1 Å². The van der Waals surface area contributed by atoms with Gasteiger partial charge in [-0.3, -0.25) is 4.79 Å². The van der Waals surface area contributed by atoms with Crippen LogP contribution in [-0.4, -0.2) is 27.4 Å². The topological polar surface area (TPSA) is 66.9 Å². The van der Waals surface area contributed by atoms with Crippen LogP contribution in [0, 0.1) is 0 Å². The van der Waals surface area contributed by atoms with Gasteiger partial charge in [-0.2, -0.15) is 0 Å². The molecule has 0 unspecified atom stereocenters. The zero-order valence-corrected chi connectivity index (χ0v) is 15.7. The molecule has 7 heteroatoms. The zero-order chi connectivity index (χ0) is 17.1. The highest BCUT2D eigenvalue weighted by Gasteiger charge is 2.26. The van der Waals surface area contributed by atoms with Gasteiger partial charge in [-0.25, -0.2) is 0 Å². The summed E-state index contributed by atoms with van der Waals surface area (Å²) in [5.74, 6) is 0.600. The summed E-state index contributed by atoms with van der Waals surface area (Å²) in [7, 11) is 0. The lowest BCUT2D eigenvalue weighted by Crippen LogP contribution is -2.32. The van der Waals surface area contributed by atoms with Gasteiger partial charge in [0.05, 0.1) is 5.25 Å². The van der Waals surface area contributed by atoms with Crippen LogP contribution in [0.5, 0.6) is 0 Å². The van der Waals surface area contributed by atoms with E-state index in [1.165, 1.54) is 28.7 Å². The summed E-state index contributed by atoms with van der Waals surface area (Å²) in [4.78, 5) is 12.0. The van der Waals surface area contributed by atoms with Crippen LogP contribution in [-0.2, 0) is 4.79 Å². The molecule has 0 bridgehead atoms. The van der Waals surface area contributed by atoms with Crippen LogP contribution in [0.2, 0.25) is 0 Å².